The van der Waals surface area contributed by atoms with Crippen molar-refractivity contribution in [2.75, 3.05) is 19.6 Å². The van der Waals surface area contributed by atoms with E-state index >= 15 is 0 Å². The molecule has 2 rings (SSSR count). The average molecular weight is 295 g/mol. The van der Waals surface area contributed by atoms with Crippen LogP contribution in [0, 0.1) is 5.92 Å². The number of nitrogens with one attached hydrogen (secondary N) is 3. The summed E-state index contributed by atoms with van der Waals surface area (Å²) in [5, 5.41) is 9.17. The highest BCUT2D eigenvalue weighted by Crippen LogP contribution is 2.29. The second-order valence-corrected chi connectivity index (χ2v) is 6.52. The number of rotatable bonds is 8. The fourth-order valence-electron chi connectivity index (χ4n) is 2.99. The SMILES string of the molecule is CCCNC(=O)C1(NC(=O)CNCC2CC2)CCCCC1. The summed E-state index contributed by atoms with van der Waals surface area (Å²) in [5.74, 6) is 0.707. The first kappa shape index (κ1) is 16.3. The summed E-state index contributed by atoms with van der Waals surface area (Å²) in [6.45, 7) is 3.95. The molecule has 5 nitrogen and oxygen atoms in total. The van der Waals surface area contributed by atoms with Gasteiger partial charge in [0.2, 0.25) is 11.8 Å². The predicted octanol–water partition coefficient (Wildman–Crippen LogP) is 1.33. The second-order valence-electron chi connectivity index (χ2n) is 6.52. The highest BCUT2D eigenvalue weighted by molar-refractivity contribution is 5.92. The van der Waals surface area contributed by atoms with Crippen molar-refractivity contribution >= 4 is 11.8 Å². The maximum absolute atomic E-state index is 12.5. The van der Waals surface area contributed by atoms with Gasteiger partial charge in [-0.3, -0.25) is 9.59 Å². The Morgan fingerprint density at radius 1 is 1.14 bits per heavy atom. The summed E-state index contributed by atoms with van der Waals surface area (Å²) < 4.78 is 0. The van der Waals surface area contributed by atoms with E-state index in [0.29, 0.717) is 13.1 Å². The van der Waals surface area contributed by atoms with E-state index < -0.39 is 5.54 Å². The van der Waals surface area contributed by atoms with Crippen LogP contribution in [0.4, 0.5) is 0 Å². The summed E-state index contributed by atoms with van der Waals surface area (Å²) in [5.41, 5.74) is -0.675. The van der Waals surface area contributed by atoms with Crippen molar-refractivity contribution in [2.45, 2.75) is 63.8 Å². The number of carbonyl (C=O) groups excluding carboxylic acids is 2. The predicted molar refractivity (Wildman–Crippen MR) is 82.9 cm³/mol. The first-order valence-electron chi connectivity index (χ1n) is 8.46. The third kappa shape index (κ3) is 4.99. The van der Waals surface area contributed by atoms with Crippen LogP contribution in [-0.4, -0.2) is 37.0 Å². The van der Waals surface area contributed by atoms with E-state index in [9.17, 15) is 9.59 Å². The number of hydrogen-bond donors (Lipinski definition) is 3. The molecular weight excluding hydrogens is 266 g/mol. The highest BCUT2D eigenvalue weighted by Gasteiger charge is 2.40. The zero-order valence-corrected chi connectivity index (χ0v) is 13.2. The molecule has 0 aromatic rings. The van der Waals surface area contributed by atoms with Crippen LogP contribution in [-0.2, 0) is 9.59 Å². The molecule has 0 bridgehead atoms. The van der Waals surface area contributed by atoms with Gasteiger partial charge < -0.3 is 16.0 Å². The smallest absolute Gasteiger partial charge is 0.245 e. The summed E-state index contributed by atoms with van der Waals surface area (Å²) in [7, 11) is 0. The standard InChI is InChI=1S/C16H29N3O2/c1-2-10-18-15(21)16(8-4-3-5-9-16)19-14(20)12-17-11-13-6-7-13/h13,17H,2-12H2,1H3,(H,18,21)(H,19,20). The van der Waals surface area contributed by atoms with Gasteiger partial charge in [-0.2, -0.15) is 0 Å². The fraction of sp³-hybridized carbons (Fsp3) is 0.875. The van der Waals surface area contributed by atoms with Crippen LogP contribution in [0.15, 0.2) is 0 Å². The Hall–Kier alpha value is -1.10. The van der Waals surface area contributed by atoms with E-state index in [1.165, 1.54) is 12.8 Å². The third-order valence-electron chi connectivity index (χ3n) is 4.47. The minimum Gasteiger partial charge on any atom is -0.354 e. The average Bonchev–Trinajstić information content (AvgIpc) is 3.29. The number of hydrogen-bond acceptors (Lipinski definition) is 3. The molecule has 2 aliphatic rings. The molecule has 2 saturated carbocycles. The van der Waals surface area contributed by atoms with Crippen molar-refractivity contribution in [1.82, 2.24) is 16.0 Å². The zero-order chi connectivity index (χ0) is 15.1. The Bertz CT molecular complexity index is 361. The van der Waals surface area contributed by atoms with E-state index in [4.69, 9.17) is 0 Å². The van der Waals surface area contributed by atoms with Crippen molar-refractivity contribution in [2.24, 2.45) is 5.92 Å². The van der Waals surface area contributed by atoms with E-state index in [1.807, 2.05) is 6.92 Å². The molecular formula is C16H29N3O2. The maximum Gasteiger partial charge on any atom is 0.245 e. The molecule has 120 valence electrons. The van der Waals surface area contributed by atoms with E-state index in [0.717, 1.165) is 51.0 Å². The minimum atomic E-state index is -0.675. The van der Waals surface area contributed by atoms with Crippen LogP contribution in [0.1, 0.15) is 58.3 Å². The molecule has 0 spiro atoms. The van der Waals surface area contributed by atoms with Gasteiger partial charge in [0.25, 0.3) is 0 Å². The summed E-state index contributed by atoms with van der Waals surface area (Å²) in [6, 6.07) is 0. The van der Waals surface area contributed by atoms with Gasteiger partial charge in [0, 0.05) is 6.54 Å². The van der Waals surface area contributed by atoms with Gasteiger partial charge in [0.05, 0.1) is 6.54 Å². The molecule has 5 heteroatoms. The molecule has 3 N–H and O–H groups in total. The molecule has 0 aromatic heterocycles. The lowest BCUT2D eigenvalue weighted by Crippen LogP contribution is -2.61. The molecule has 0 radical (unpaired) electrons. The Morgan fingerprint density at radius 3 is 2.48 bits per heavy atom. The summed E-state index contributed by atoms with van der Waals surface area (Å²) in [6.07, 6.45) is 8.16. The Kier molecular flexibility index (Phi) is 6.03. The van der Waals surface area contributed by atoms with Crippen molar-refractivity contribution in [3.63, 3.8) is 0 Å². The molecule has 0 atom stereocenters. The van der Waals surface area contributed by atoms with Gasteiger partial charge in [0.1, 0.15) is 5.54 Å². The van der Waals surface area contributed by atoms with Crippen molar-refractivity contribution in [3.8, 4) is 0 Å². The molecule has 2 fully saturated rings. The maximum atomic E-state index is 12.5. The lowest BCUT2D eigenvalue weighted by molar-refractivity contribution is -0.134. The van der Waals surface area contributed by atoms with Crippen LogP contribution in [0.25, 0.3) is 0 Å². The van der Waals surface area contributed by atoms with E-state index in [1.54, 1.807) is 0 Å². The second kappa shape index (κ2) is 7.78. The van der Waals surface area contributed by atoms with E-state index in [-0.39, 0.29) is 11.8 Å². The first-order valence-corrected chi connectivity index (χ1v) is 8.46. The molecule has 2 amide bonds. The summed E-state index contributed by atoms with van der Waals surface area (Å²) in [4.78, 5) is 24.6. The van der Waals surface area contributed by atoms with Gasteiger partial charge in [-0.15, -0.1) is 0 Å². The number of amides is 2. The lowest BCUT2D eigenvalue weighted by atomic mass is 9.80. The third-order valence-corrected chi connectivity index (χ3v) is 4.47. The first-order chi connectivity index (χ1) is 10.2. The lowest BCUT2D eigenvalue weighted by Gasteiger charge is -2.36. The van der Waals surface area contributed by atoms with Crippen LogP contribution < -0.4 is 16.0 Å². The molecule has 0 unspecified atom stereocenters. The van der Waals surface area contributed by atoms with Crippen LogP contribution >= 0.6 is 0 Å². The fourth-order valence-corrected chi connectivity index (χ4v) is 2.99. The molecule has 2 aliphatic carbocycles. The quantitative estimate of drug-likeness (QED) is 0.633. The van der Waals surface area contributed by atoms with Gasteiger partial charge in [0.15, 0.2) is 0 Å². The molecule has 0 heterocycles. The molecule has 0 aliphatic heterocycles. The van der Waals surface area contributed by atoms with Crippen LogP contribution in [0.3, 0.4) is 0 Å². The Balaban J connectivity index is 1.84. The van der Waals surface area contributed by atoms with Crippen LogP contribution in [0.2, 0.25) is 0 Å². The normalized spacial score (nSPS) is 20.8. The highest BCUT2D eigenvalue weighted by atomic mass is 16.2. The van der Waals surface area contributed by atoms with Crippen molar-refractivity contribution in [3.05, 3.63) is 0 Å². The Morgan fingerprint density at radius 2 is 1.86 bits per heavy atom. The zero-order valence-electron chi connectivity index (χ0n) is 13.2. The van der Waals surface area contributed by atoms with E-state index in [2.05, 4.69) is 16.0 Å². The van der Waals surface area contributed by atoms with Gasteiger partial charge >= 0.3 is 0 Å². The molecule has 0 aromatic carbocycles. The largest absolute Gasteiger partial charge is 0.354 e. The monoisotopic (exact) mass is 295 g/mol. The number of carbonyl (C=O) groups is 2. The van der Waals surface area contributed by atoms with Gasteiger partial charge in [-0.05, 0) is 44.6 Å². The minimum absolute atomic E-state index is 0.000377. The Labute approximate surface area is 127 Å². The van der Waals surface area contributed by atoms with Gasteiger partial charge in [-0.25, -0.2) is 0 Å². The van der Waals surface area contributed by atoms with Gasteiger partial charge in [-0.1, -0.05) is 26.2 Å². The van der Waals surface area contributed by atoms with Crippen LogP contribution in [0.5, 0.6) is 0 Å². The topological polar surface area (TPSA) is 70.2 Å². The molecule has 21 heavy (non-hydrogen) atoms. The van der Waals surface area contributed by atoms with Crippen molar-refractivity contribution < 1.29 is 9.59 Å². The molecule has 0 saturated heterocycles. The summed E-state index contributed by atoms with van der Waals surface area (Å²) >= 11 is 0. The van der Waals surface area contributed by atoms with Crippen molar-refractivity contribution in [1.29, 1.82) is 0 Å².